The van der Waals surface area contributed by atoms with Gasteiger partial charge in [0.05, 0.1) is 6.61 Å². The second-order valence-electron chi connectivity index (χ2n) is 4.95. The highest BCUT2D eigenvalue weighted by molar-refractivity contribution is 6.31. The molecule has 0 aromatic heterocycles. The van der Waals surface area contributed by atoms with Crippen molar-refractivity contribution in [1.29, 1.82) is 0 Å². The summed E-state index contributed by atoms with van der Waals surface area (Å²) in [6, 6.07) is 6.94. The van der Waals surface area contributed by atoms with E-state index in [2.05, 4.69) is 5.32 Å². The van der Waals surface area contributed by atoms with Crippen LogP contribution in [0.3, 0.4) is 0 Å². The summed E-state index contributed by atoms with van der Waals surface area (Å²) in [6.07, 6.45) is 0.939. The Morgan fingerprint density at radius 1 is 1.48 bits per heavy atom. The van der Waals surface area contributed by atoms with Crippen LogP contribution in [0.1, 0.15) is 18.4 Å². The fraction of sp³-hybridized carbons (Fsp3) is 0.467. The van der Waals surface area contributed by atoms with Gasteiger partial charge in [-0.1, -0.05) is 29.8 Å². The van der Waals surface area contributed by atoms with Crippen molar-refractivity contribution in [3.05, 3.63) is 34.9 Å². The van der Waals surface area contributed by atoms with Crippen LogP contribution in [0.4, 0.5) is 0 Å². The molecule has 1 aromatic rings. The van der Waals surface area contributed by atoms with E-state index in [0.717, 1.165) is 5.56 Å². The predicted octanol–water partition coefficient (Wildman–Crippen LogP) is 1.59. The lowest BCUT2D eigenvalue weighted by Gasteiger charge is -2.24. The Morgan fingerprint density at radius 2 is 2.24 bits per heavy atom. The van der Waals surface area contributed by atoms with Gasteiger partial charge in [0.25, 0.3) is 0 Å². The van der Waals surface area contributed by atoms with Crippen LogP contribution in [0.2, 0.25) is 5.02 Å². The molecule has 0 radical (unpaired) electrons. The third-order valence-corrected chi connectivity index (χ3v) is 3.90. The third kappa shape index (κ3) is 3.95. The van der Waals surface area contributed by atoms with E-state index < -0.39 is 6.04 Å². The molecule has 1 saturated heterocycles. The Hall–Kier alpha value is -1.59. The van der Waals surface area contributed by atoms with Gasteiger partial charge in [0.15, 0.2) is 0 Å². The lowest BCUT2D eigenvalue weighted by Crippen LogP contribution is -2.45. The molecule has 0 unspecified atom stereocenters. The predicted molar refractivity (Wildman–Crippen MR) is 79.9 cm³/mol. The minimum absolute atomic E-state index is 0.0122. The maximum atomic E-state index is 12.2. The van der Waals surface area contributed by atoms with E-state index in [1.54, 1.807) is 18.1 Å². The lowest BCUT2D eigenvalue weighted by molar-refractivity contribution is -0.135. The van der Waals surface area contributed by atoms with Gasteiger partial charge >= 0.3 is 0 Å². The topological polar surface area (TPSA) is 58.6 Å². The smallest absolute Gasteiger partial charge is 0.242 e. The standard InChI is InChI=1S/C15H19ClN2O3/c1-21-9-8-17-15(20)13-6-7-14(19)18(13)10-11-4-2-3-5-12(11)16/h2-5,13H,6-10H2,1H3,(H,17,20)/t13-/m0/s1. The number of methoxy groups -OCH3 is 1. The van der Waals surface area contributed by atoms with E-state index in [9.17, 15) is 9.59 Å². The first-order chi connectivity index (χ1) is 10.1. The molecule has 1 aliphatic heterocycles. The average Bonchev–Trinajstić information content (AvgIpc) is 2.83. The number of carbonyl (C=O) groups excluding carboxylic acids is 2. The second-order valence-corrected chi connectivity index (χ2v) is 5.36. The molecule has 0 spiro atoms. The van der Waals surface area contributed by atoms with Crippen LogP contribution in [-0.4, -0.2) is 43.0 Å². The zero-order valence-electron chi connectivity index (χ0n) is 12.0. The Morgan fingerprint density at radius 3 is 2.95 bits per heavy atom. The highest BCUT2D eigenvalue weighted by Crippen LogP contribution is 2.24. The minimum atomic E-state index is -0.425. The van der Waals surface area contributed by atoms with Crippen LogP contribution in [0.5, 0.6) is 0 Å². The number of hydrogen-bond acceptors (Lipinski definition) is 3. The summed E-state index contributed by atoms with van der Waals surface area (Å²) in [5, 5.41) is 3.39. The zero-order chi connectivity index (χ0) is 15.2. The molecule has 0 saturated carbocycles. The van der Waals surface area contributed by atoms with Crippen LogP contribution < -0.4 is 5.32 Å². The fourth-order valence-corrected chi connectivity index (χ4v) is 2.60. The average molecular weight is 311 g/mol. The molecule has 2 rings (SSSR count). The van der Waals surface area contributed by atoms with Crippen molar-refractivity contribution in [2.45, 2.75) is 25.4 Å². The number of hydrogen-bond donors (Lipinski definition) is 1. The number of likely N-dealkylation sites (tertiary alicyclic amines) is 1. The quantitative estimate of drug-likeness (QED) is 0.812. The number of nitrogens with zero attached hydrogens (tertiary/aromatic N) is 1. The van der Waals surface area contributed by atoms with Crippen molar-refractivity contribution in [2.24, 2.45) is 0 Å². The maximum Gasteiger partial charge on any atom is 0.242 e. The van der Waals surface area contributed by atoms with Crippen molar-refractivity contribution in [3.8, 4) is 0 Å². The molecular formula is C15H19ClN2O3. The maximum absolute atomic E-state index is 12.2. The molecule has 1 atom stereocenters. The molecule has 1 aromatic carbocycles. The largest absolute Gasteiger partial charge is 0.383 e. The van der Waals surface area contributed by atoms with Gasteiger partial charge in [-0.2, -0.15) is 0 Å². The van der Waals surface area contributed by atoms with E-state index in [4.69, 9.17) is 16.3 Å². The molecule has 0 aliphatic carbocycles. The van der Waals surface area contributed by atoms with E-state index >= 15 is 0 Å². The Balaban J connectivity index is 2.03. The van der Waals surface area contributed by atoms with Gasteiger partial charge in [-0.15, -0.1) is 0 Å². The summed E-state index contributed by atoms with van der Waals surface area (Å²) in [5.74, 6) is -0.147. The monoisotopic (exact) mass is 310 g/mol. The van der Waals surface area contributed by atoms with Gasteiger partial charge in [0.2, 0.25) is 11.8 Å². The number of ether oxygens (including phenoxy) is 1. The first-order valence-corrected chi connectivity index (χ1v) is 7.31. The molecule has 6 heteroatoms. The molecule has 21 heavy (non-hydrogen) atoms. The van der Waals surface area contributed by atoms with Gasteiger partial charge in [0, 0.05) is 31.6 Å². The first-order valence-electron chi connectivity index (χ1n) is 6.93. The van der Waals surface area contributed by atoms with Crippen molar-refractivity contribution >= 4 is 23.4 Å². The van der Waals surface area contributed by atoms with E-state index in [0.29, 0.717) is 37.6 Å². The summed E-state index contributed by atoms with van der Waals surface area (Å²) < 4.78 is 4.90. The van der Waals surface area contributed by atoms with E-state index in [1.165, 1.54) is 0 Å². The fourth-order valence-electron chi connectivity index (χ4n) is 2.41. The molecule has 1 N–H and O–H groups in total. The molecule has 1 heterocycles. The Kier molecular flexibility index (Phi) is 5.59. The number of carbonyl (C=O) groups is 2. The van der Waals surface area contributed by atoms with Crippen LogP contribution >= 0.6 is 11.6 Å². The number of halogens is 1. The SMILES string of the molecule is COCCNC(=O)[C@@H]1CCC(=O)N1Cc1ccccc1Cl. The normalized spacial score (nSPS) is 18.1. The second kappa shape index (κ2) is 7.43. The van der Waals surface area contributed by atoms with Crippen LogP contribution in [-0.2, 0) is 20.9 Å². The molecule has 114 valence electrons. The third-order valence-electron chi connectivity index (χ3n) is 3.53. The van der Waals surface area contributed by atoms with Crippen LogP contribution in [0.15, 0.2) is 24.3 Å². The van der Waals surface area contributed by atoms with Gasteiger partial charge < -0.3 is 15.0 Å². The summed E-state index contributed by atoms with van der Waals surface area (Å²) >= 11 is 6.13. The number of rotatable bonds is 6. The van der Waals surface area contributed by atoms with Crippen molar-refractivity contribution in [1.82, 2.24) is 10.2 Å². The summed E-state index contributed by atoms with van der Waals surface area (Å²) in [6.45, 7) is 1.26. The van der Waals surface area contributed by atoms with Gasteiger partial charge in [-0.25, -0.2) is 0 Å². The summed E-state index contributed by atoms with van der Waals surface area (Å²) in [5.41, 5.74) is 0.851. The van der Waals surface area contributed by atoms with Crippen LogP contribution in [0.25, 0.3) is 0 Å². The van der Waals surface area contributed by atoms with Gasteiger partial charge in [-0.3, -0.25) is 9.59 Å². The number of nitrogens with one attached hydrogen (secondary N) is 1. The zero-order valence-corrected chi connectivity index (χ0v) is 12.7. The first kappa shape index (κ1) is 15.8. The lowest BCUT2D eigenvalue weighted by atomic mass is 10.1. The molecule has 0 bridgehead atoms. The molecular weight excluding hydrogens is 292 g/mol. The Labute approximate surface area is 129 Å². The number of benzene rings is 1. The van der Waals surface area contributed by atoms with Crippen molar-refractivity contribution < 1.29 is 14.3 Å². The molecule has 2 amide bonds. The minimum Gasteiger partial charge on any atom is -0.383 e. The van der Waals surface area contributed by atoms with Crippen LogP contribution in [0, 0.1) is 0 Å². The molecule has 1 fully saturated rings. The van der Waals surface area contributed by atoms with E-state index in [-0.39, 0.29) is 11.8 Å². The summed E-state index contributed by atoms with van der Waals surface area (Å²) in [4.78, 5) is 25.8. The Bertz CT molecular complexity index is 521. The van der Waals surface area contributed by atoms with Crippen molar-refractivity contribution in [2.75, 3.05) is 20.3 Å². The summed E-state index contributed by atoms with van der Waals surface area (Å²) in [7, 11) is 1.58. The van der Waals surface area contributed by atoms with Gasteiger partial charge in [0.1, 0.15) is 6.04 Å². The highest BCUT2D eigenvalue weighted by atomic mass is 35.5. The van der Waals surface area contributed by atoms with Crippen molar-refractivity contribution in [3.63, 3.8) is 0 Å². The molecule has 1 aliphatic rings. The van der Waals surface area contributed by atoms with Gasteiger partial charge in [-0.05, 0) is 18.1 Å². The number of amides is 2. The van der Waals surface area contributed by atoms with E-state index in [1.807, 2.05) is 18.2 Å². The highest BCUT2D eigenvalue weighted by Gasteiger charge is 2.35. The molecule has 5 nitrogen and oxygen atoms in total.